The summed E-state index contributed by atoms with van der Waals surface area (Å²) in [6.07, 6.45) is 0.460. The van der Waals surface area contributed by atoms with Crippen molar-refractivity contribution in [2.24, 2.45) is 5.92 Å². The molecule has 0 fully saturated rings. The largest absolute Gasteiger partial charge is 0.508 e. The van der Waals surface area contributed by atoms with E-state index in [0.717, 1.165) is 5.52 Å². The van der Waals surface area contributed by atoms with Crippen LogP contribution in [0.5, 0.6) is 5.75 Å². The van der Waals surface area contributed by atoms with Crippen molar-refractivity contribution in [3.05, 3.63) is 47.2 Å². The number of aromatic hydroxyl groups is 1. The molecule has 25 heavy (non-hydrogen) atoms. The second kappa shape index (κ2) is 6.84. The minimum Gasteiger partial charge on any atom is -0.508 e. The Hall–Kier alpha value is -2.40. The van der Waals surface area contributed by atoms with Gasteiger partial charge in [-0.1, -0.05) is 25.4 Å². The van der Waals surface area contributed by atoms with Gasteiger partial charge in [0, 0.05) is 18.1 Å². The Morgan fingerprint density at radius 1 is 1.28 bits per heavy atom. The summed E-state index contributed by atoms with van der Waals surface area (Å²) in [6.45, 7) is 4.13. The van der Waals surface area contributed by atoms with Crippen molar-refractivity contribution in [3.63, 3.8) is 0 Å². The van der Waals surface area contributed by atoms with Crippen LogP contribution in [0, 0.1) is 11.7 Å². The van der Waals surface area contributed by atoms with Gasteiger partial charge in [-0.25, -0.2) is 9.37 Å². The van der Waals surface area contributed by atoms with Crippen LogP contribution in [0.25, 0.3) is 22.4 Å². The van der Waals surface area contributed by atoms with E-state index in [9.17, 15) is 14.3 Å². The summed E-state index contributed by atoms with van der Waals surface area (Å²) >= 11 is 5.90. The van der Waals surface area contributed by atoms with Crippen LogP contribution in [-0.4, -0.2) is 20.4 Å². The maximum Gasteiger partial charge on any atom is 0.152 e. The van der Waals surface area contributed by atoms with Crippen LogP contribution in [0.4, 0.5) is 4.39 Å². The number of imidazole rings is 1. The molecule has 130 valence electrons. The highest BCUT2D eigenvalue weighted by Gasteiger charge is 2.17. The van der Waals surface area contributed by atoms with E-state index in [-0.39, 0.29) is 29.0 Å². The van der Waals surface area contributed by atoms with Crippen LogP contribution in [0.1, 0.15) is 20.3 Å². The van der Waals surface area contributed by atoms with Crippen LogP contribution in [0.2, 0.25) is 5.02 Å². The first-order valence-corrected chi connectivity index (χ1v) is 8.39. The molecule has 1 aromatic heterocycles. The number of fused-ring (bicyclic) bond motifs is 1. The normalized spacial score (nSPS) is 11.4. The second-order valence-corrected chi connectivity index (χ2v) is 6.87. The summed E-state index contributed by atoms with van der Waals surface area (Å²) in [4.78, 5) is 16.9. The average Bonchev–Trinajstić information content (AvgIpc) is 2.87. The highest BCUT2D eigenvalue weighted by atomic mass is 35.5. The number of halogens is 2. The van der Waals surface area contributed by atoms with Crippen LogP contribution < -0.4 is 0 Å². The van der Waals surface area contributed by atoms with E-state index in [1.54, 1.807) is 22.8 Å². The summed E-state index contributed by atoms with van der Waals surface area (Å²) in [7, 11) is 0. The van der Waals surface area contributed by atoms with Crippen molar-refractivity contribution in [3.8, 4) is 17.1 Å². The number of hydrogen-bond donors (Lipinski definition) is 1. The maximum atomic E-state index is 13.5. The summed E-state index contributed by atoms with van der Waals surface area (Å²) in [5.74, 6) is 0.433. The number of Topliss-reactive ketones (excluding diaryl/α,β-unsaturated/α-hetero) is 1. The summed E-state index contributed by atoms with van der Waals surface area (Å²) in [5.41, 5.74) is 1.90. The van der Waals surface area contributed by atoms with Gasteiger partial charge in [0.2, 0.25) is 0 Å². The molecule has 0 saturated heterocycles. The Morgan fingerprint density at radius 2 is 2.04 bits per heavy atom. The molecule has 0 bridgehead atoms. The standard InChI is InChI=1S/C19H18ClFN2O2/c1-11(2)7-14(25)10-23-18-6-4-13(24)9-17(18)22-19(23)12-3-5-16(21)15(20)8-12/h3-6,8-9,11,24H,7,10H2,1-2H3. The number of nitrogens with zero attached hydrogens (tertiary/aromatic N) is 2. The predicted molar refractivity (Wildman–Crippen MR) is 96.3 cm³/mol. The van der Waals surface area contributed by atoms with E-state index >= 15 is 0 Å². The van der Waals surface area contributed by atoms with Gasteiger partial charge in [-0.3, -0.25) is 4.79 Å². The molecule has 0 aliphatic heterocycles. The first kappa shape index (κ1) is 17.4. The highest BCUT2D eigenvalue weighted by molar-refractivity contribution is 6.31. The molecule has 0 saturated carbocycles. The molecule has 6 heteroatoms. The topological polar surface area (TPSA) is 55.1 Å². The third-order valence-electron chi connectivity index (χ3n) is 3.88. The molecule has 0 unspecified atom stereocenters. The Labute approximate surface area is 149 Å². The molecule has 1 N–H and O–H groups in total. The van der Waals surface area contributed by atoms with Crippen molar-refractivity contribution in [1.82, 2.24) is 9.55 Å². The van der Waals surface area contributed by atoms with Gasteiger partial charge in [-0.05, 0) is 36.2 Å². The van der Waals surface area contributed by atoms with Gasteiger partial charge in [-0.2, -0.15) is 0 Å². The van der Waals surface area contributed by atoms with Gasteiger partial charge in [0.25, 0.3) is 0 Å². The van der Waals surface area contributed by atoms with E-state index in [4.69, 9.17) is 11.6 Å². The number of phenolic OH excluding ortho intramolecular Hbond substituents is 1. The zero-order valence-corrected chi connectivity index (χ0v) is 14.7. The van der Waals surface area contributed by atoms with Crippen LogP contribution in [-0.2, 0) is 11.3 Å². The Bertz CT molecular complexity index is 950. The lowest BCUT2D eigenvalue weighted by Gasteiger charge is -2.10. The van der Waals surface area contributed by atoms with E-state index in [0.29, 0.717) is 23.3 Å². The summed E-state index contributed by atoms with van der Waals surface area (Å²) < 4.78 is 15.3. The third-order valence-corrected chi connectivity index (χ3v) is 4.17. The molecule has 1 heterocycles. The van der Waals surface area contributed by atoms with E-state index in [2.05, 4.69) is 4.98 Å². The Morgan fingerprint density at radius 3 is 2.72 bits per heavy atom. The summed E-state index contributed by atoms with van der Waals surface area (Å²) in [5, 5.41) is 9.69. The molecule has 0 aliphatic carbocycles. The number of benzene rings is 2. The minimum absolute atomic E-state index is 0.00698. The predicted octanol–water partition coefficient (Wildman–Crippen LogP) is 4.82. The Kier molecular flexibility index (Phi) is 4.77. The quantitative estimate of drug-likeness (QED) is 0.709. The monoisotopic (exact) mass is 360 g/mol. The smallest absolute Gasteiger partial charge is 0.152 e. The van der Waals surface area contributed by atoms with E-state index in [1.807, 2.05) is 13.8 Å². The highest BCUT2D eigenvalue weighted by Crippen LogP contribution is 2.29. The zero-order chi connectivity index (χ0) is 18.1. The van der Waals surface area contributed by atoms with Crippen molar-refractivity contribution in [1.29, 1.82) is 0 Å². The first-order chi connectivity index (χ1) is 11.8. The van der Waals surface area contributed by atoms with Crippen molar-refractivity contribution >= 4 is 28.4 Å². The number of carbonyl (C=O) groups excluding carboxylic acids is 1. The fourth-order valence-electron chi connectivity index (χ4n) is 2.83. The lowest BCUT2D eigenvalue weighted by Crippen LogP contribution is -2.13. The average molecular weight is 361 g/mol. The molecular formula is C19H18ClFN2O2. The number of phenols is 1. The van der Waals surface area contributed by atoms with Gasteiger partial charge in [0.05, 0.1) is 22.6 Å². The third kappa shape index (κ3) is 3.66. The van der Waals surface area contributed by atoms with Gasteiger partial charge in [-0.15, -0.1) is 0 Å². The fourth-order valence-corrected chi connectivity index (χ4v) is 3.01. The zero-order valence-electron chi connectivity index (χ0n) is 14.0. The summed E-state index contributed by atoms with van der Waals surface area (Å²) in [6, 6.07) is 9.14. The minimum atomic E-state index is -0.512. The number of aromatic nitrogens is 2. The van der Waals surface area contributed by atoms with Crippen molar-refractivity contribution in [2.75, 3.05) is 0 Å². The Balaban J connectivity index is 2.14. The molecule has 2 aromatic carbocycles. The van der Waals surface area contributed by atoms with Crippen LogP contribution >= 0.6 is 11.6 Å². The van der Waals surface area contributed by atoms with Gasteiger partial charge in [0.1, 0.15) is 17.4 Å². The molecular weight excluding hydrogens is 343 g/mol. The molecule has 0 aliphatic rings. The number of ketones is 1. The molecule has 3 aromatic rings. The molecule has 4 nitrogen and oxygen atoms in total. The molecule has 0 atom stereocenters. The molecule has 0 amide bonds. The van der Waals surface area contributed by atoms with Gasteiger partial charge >= 0.3 is 0 Å². The van der Waals surface area contributed by atoms with Crippen LogP contribution in [0.3, 0.4) is 0 Å². The molecule has 0 radical (unpaired) electrons. The van der Waals surface area contributed by atoms with Crippen molar-refractivity contribution in [2.45, 2.75) is 26.8 Å². The van der Waals surface area contributed by atoms with Crippen molar-refractivity contribution < 1.29 is 14.3 Å². The lowest BCUT2D eigenvalue weighted by molar-refractivity contribution is -0.120. The molecule has 0 spiro atoms. The maximum absolute atomic E-state index is 13.5. The van der Waals surface area contributed by atoms with Gasteiger partial charge < -0.3 is 9.67 Å². The fraction of sp³-hybridized carbons (Fsp3) is 0.263. The number of hydrogen-bond acceptors (Lipinski definition) is 3. The number of rotatable bonds is 5. The SMILES string of the molecule is CC(C)CC(=O)Cn1c(-c2ccc(F)c(Cl)c2)nc2cc(O)ccc21. The van der Waals surface area contributed by atoms with Gasteiger partial charge in [0.15, 0.2) is 5.78 Å². The lowest BCUT2D eigenvalue weighted by atomic mass is 10.1. The first-order valence-electron chi connectivity index (χ1n) is 8.01. The second-order valence-electron chi connectivity index (χ2n) is 6.46. The van der Waals surface area contributed by atoms with Crippen LogP contribution in [0.15, 0.2) is 36.4 Å². The molecule has 3 rings (SSSR count). The number of carbonyl (C=O) groups is 1. The van der Waals surface area contributed by atoms with E-state index in [1.165, 1.54) is 18.2 Å². The van der Waals surface area contributed by atoms with E-state index < -0.39 is 5.82 Å².